The third-order valence-electron chi connectivity index (χ3n) is 2.88. The second kappa shape index (κ2) is 5.55. The van der Waals surface area contributed by atoms with E-state index in [1.165, 1.54) is 31.0 Å². The summed E-state index contributed by atoms with van der Waals surface area (Å²) in [5.74, 6) is -1.17. The number of methoxy groups -OCH3 is 1. The lowest BCUT2D eigenvalue weighted by molar-refractivity contribution is -0.386. The lowest BCUT2D eigenvalue weighted by Crippen LogP contribution is -2.33. The lowest BCUT2D eigenvalue weighted by Gasteiger charge is -2.13. The van der Waals surface area contributed by atoms with Gasteiger partial charge < -0.3 is 14.9 Å². The van der Waals surface area contributed by atoms with Crippen molar-refractivity contribution >= 4 is 23.4 Å². The van der Waals surface area contributed by atoms with Crippen molar-refractivity contribution in [1.29, 1.82) is 0 Å². The number of nitro benzene ring substituents is 1. The zero-order valence-corrected chi connectivity index (χ0v) is 11.2. The number of nitro groups is 1. The molecule has 1 aliphatic heterocycles. The van der Waals surface area contributed by atoms with Crippen molar-refractivity contribution in [3.8, 4) is 11.5 Å². The molecule has 1 aromatic rings. The van der Waals surface area contributed by atoms with Crippen molar-refractivity contribution in [2.24, 2.45) is 0 Å². The van der Waals surface area contributed by atoms with Crippen LogP contribution in [0.15, 0.2) is 12.1 Å². The van der Waals surface area contributed by atoms with E-state index in [0.29, 0.717) is 11.3 Å². The second-order valence-electron chi connectivity index (χ2n) is 4.12. The molecule has 2 rings (SSSR count). The molecule has 0 amide bonds. The summed E-state index contributed by atoms with van der Waals surface area (Å²) in [5.41, 5.74) is 0.0145. The van der Waals surface area contributed by atoms with Crippen LogP contribution in [0, 0.1) is 10.1 Å². The number of rotatable bonds is 4. The van der Waals surface area contributed by atoms with E-state index in [1.54, 1.807) is 0 Å². The normalized spacial score (nSPS) is 21.6. The minimum absolute atomic E-state index is 0.0182. The standard InChI is InChI=1S/C11H12N2O6S/c1-19-8-3-5(2-7(9(8)14)13(17)18)10-12-6(4-20-10)11(15)16/h2-3,6,10,12,14H,4H2,1H3,(H,15,16)/t6-,10+/m0/s1. The maximum absolute atomic E-state index is 10.9. The van der Waals surface area contributed by atoms with Gasteiger partial charge in [0.1, 0.15) is 6.04 Å². The van der Waals surface area contributed by atoms with Gasteiger partial charge in [-0.1, -0.05) is 0 Å². The third-order valence-corrected chi connectivity index (χ3v) is 4.14. The Kier molecular flexibility index (Phi) is 4.00. The molecule has 1 aliphatic rings. The monoisotopic (exact) mass is 300 g/mol. The smallest absolute Gasteiger partial charge is 0.321 e. The minimum Gasteiger partial charge on any atom is -0.500 e. The highest BCUT2D eigenvalue weighted by Gasteiger charge is 2.32. The van der Waals surface area contributed by atoms with Gasteiger partial charge in [-0.2, -0.15) is 0 Å². The fourth-order valence-corrected chi connectivity index (χ4v) is 3.08. The van der Waals surface area contributed by atoms with Crippen LogP contribution in [0.5, 0.6) is 11.5 Å². The molecule has 0 spiro atoms. The Morgan fingerprint density at radius 1 is 1.60 bits per heavy atom. The number of thioether (sulfide) groups is 1. The van der Waals surface area contributed by atoms with Crippen LogP contribution in [-0.4, -0.2) is 40.0 Å². The number of nitrogens with one attached hydrogen (secondary N) is 1. The number of carboxylic acid groups (broad SMARTS) is 1. The van der Waals surface area contributed by atoms with E-state index in [-0.39, 0.29) is 5.75 Å². The number of hydrogen-bond acceptors (Lipinski definition) is 7. The van der Waals surface area contributed by atoms with Gasteiger partial charge in [0, 0.05) is 11.8 Å². The first-order valence-electron chi connectivity index (χ1n) is 5.59. The fourth-order valence-electron chi connectivity index (χ4n) is 1.87. The number of hydrogen-bond donors (Lipinski definition) is 3. The summed E-state index contributed by atoms with van der Waals surface area (Å²) in [7, 11) is 1.29. The summed E-state index contributed by atoms with van der Waals surface area (Å²) in [4.78, 5) is 21.1. The first-order valence-corrected chi connectivity index (χ1v) is 6.64. The van der Waals surface area contributed by atoms with E-state index >= 15 is 0 Å². The van der Waals surface area contributed by atoms with Crippen molar-refractivity contribution in [1.82, 2.24) is 5.32 Å². The highest BCUT2D eigenvalue weighted by atomic mass is 32.2. The molecule has 0 radical (unpaired) electrons. The summed E-state index contributed by atoms with van der Waals surface area (Å²) in [6.07, 6.45) is 0. The molecule has 1 heterocycles. The number of benzene rings is 1. The largest absolute Gasteiger partial charge is 0.500 e. The molecule has 1 fully saturated rings. The molecule has 20 heavy (non-hydrogen) atoms. The van der Waals surface area contributed by atoms with Crippen LogP contribution in [0.3, 0.4) is 0 Å². The number of nitrogens with zero attached hydrogens (tertiary/aromatic N) is 1. The van der Waals surface area contributed by atoms with Gasteiger partial charge in [0.05, 0.1) is 17.4 Å². The van der Waals surface area contributed by atoms with E-state index in [9.17, 15) is 20.0 Å². The second-order valence-corrected chi connectivity index (χ2v) is 5.26. The van der Waals surface area contributed by atoms with Gasteiger partial charge in [-0.25, -0.2) is 0 Å². The van der Waals surface area contributed by atoms with Gasteiger partial charge in [-0.3, -0.25) is 20.2 Å². The number of carboxylic acids is 1. The summed E-state index contributed by atoms with van der Waals surface area (Å²) in [5, 5.41) is 31.9. The average Bonchev–Trinajstić information content (AvgIpc) is 2.88. The molecular formula is C11H12N2O6S. The van der Waals surface area contributed by atoms with Crippen LogP contribution in [0.2, 0.25) is 0 Å². The van der Waals surface area contributed by atoms with Gasteiger partial charge >= 0.3 is 11.7 Å². The quantitative estimate of drug-likeness (QED) is 0.558. The van der Waals surface area contributed by atoms with Crippen molar-refractivity contribution < 1.29 is 24.7 Å². The van der Waals surface area contributed by atoms with Crippen molar-refractivity contribution in [2.75, 3.05) is 12.9 Å². The Morgan fingerprint density at radius 3 is 2.80 bits per heavy atom. The topological polar surface area (TPSA) is 122 Å². The average molecular weight is 300 g/mol. The number of aromatic hydroxyl groups is 1. The Labute approximate surface area is 117 Å². The molecule has 2 atom stereocenters. The van der Waals surface area contributed by atoms with Crippen molar-refractivity contribution in [3.05, 3.63) is 27.8 Å². The highest BCUT2D eigenvalue weighted by molar-refractivity contribution is 7.99. The molecule has 0 saturated carbocycles. The van der Waals surface area contributed by atoms with Crippen LogP contribution >= 0.6 is 11.8 Å². The molecule has 0 aromatic heterocycles. The first kappa shape index (κ1) is 14.4. The molecule has 108 valence electrons. The molecule has 1 aromatic carbocycles. The SMILES string of the molecule is COc1cc([C@@H]2N[C@H](C(=O)O)CS2)cc([N+](=O)[O-])c1O. The molecule has 9 heteroatoms. The van der Waals surface area contributed by atoms with Crippen LogP contribution in [0.4, 0.5) is 5.69 Å². The number of ether oxygens (including phenoxy) is 1. The molecular weight excluding hydrogens is 288 g/mol. The highest BCUT2D eigenvalue weighted by Crippen LogP contribution is 2.42. The summed E-state index contributed by atoms with van der Waals surface area (Å²) >= 11 is 1.33. The van der Waals surface area contributed by atoms with E-state index < -0.39 is 33.7 Å². The maximum atomic E-state index is 10.9. The zero-order valence-electron chi connectivity index (χ0n) is 10.4. The van der Waals surface area contributed by atoms with Crippen LogP contribution < -0.4 is 10.1 Å². The molecule has 0 unspecified atom stereocenters. The van der Waals surface area contributed by atoms with Gasteiger partial charge in [0.25, 0.3) is 0 Å². The Balaban J connectivity index is 2.35. The molecule has 1 saturated heterocycles. The molecule has 3 N–H and O–H groups in total. The predicted octanol–water partition coefficient (Wildman–Crippen LogP) is 1.10. The minimum atomic E-state index is -0.972. The van der Waals surface area contributed by atoms with Crippen LogP contribution in [0.1, 0.15) is 10.9 Å². The van der Waals surface area contributed by atoms with Crippen LogP contribution in [-0.2, 0) is 4.79 Å². The first-order chi connectivity index (χ1) is 9.43. The van der Waals surface area contributed by atoms with E-state index in [0.717, 1.165) is 0 Å². The Bertz CT molecular complexity index is 564. The summed E-state index contributed by atoms with van der Waals surface area (Å²) in [6.45, 7) is 0. The van der Waals surface area contributed by atoms with Gasteiger partial charge in [-0.15, -0.1) is 11.8 Å². The lowest BCUT2D eigenvalue weighted by atomic mass is 10.1. The fraction of sp³-hybridized carbons (Fsp3) is 0.364. The van der Waals surface area contributed by atoms with E-state index in [2.05, 4.69) is 5.32 Å². The maximum Gasteiger partial charge on any atom is 0.321 e. The molecule has 0 aliphatic carbocycles. The van der Waals surface area contributed by atoms with Crippen LogP contribution in [0.25, 0.3) is 0 Å². The van der Waals surface area contributed by atoms with Gasteiger partial charge in [0.15, 0.2) is 5.75 Å². The number of phenols is 1. The third kappa shape index (κ3) is 2.63. The molecule has 8 nitrogen and oxygen atoms in total. The summed E-state index contributed by atoms with van der Waals surface area (Å²) < 4.78 is 4.90. The number of phenolic OH excluding ortho intramolecular Hbond substituents is 1. The van der Waals surface area contributed by atoms with Crippen molar-refractivity contribution in [2.45, 2.75) is 11.4 Å². The zero-order chi connectivity index (χ0) is 14.9. The Hall–Kier alpha value is -2.00. The predicted molar refractivity (Wildman–Crippen MR) is 71.1 cm³/mol. The van der Waals surface area contributed by atoms with Gasteiger partial charge in [0.2, 0.25) is 5.75 Å². The van der Waals surface area contributed by atoms with Gasteiger partial charge in [-0.05, 0) is 11.6 Å². The summed E-state index contributed by atoms with van der Waals surface area (Å²) in [6, 6.07) is 1.97. The number of carbonyl (C=O) groups is 1. The Morgan fingerprint density at radius 2 is 2.30 bits per heavy atom. The van der Waals surface area contributed by atoms with Crippen molar-refractivity contribution in [3.63, 3.8) is 0 Å². The van der Waals surface area contributed by atoms with E-state index in [1.807, 2.05) is 0 Å². The van der Waals surface area contributed by atoms with E-state index in [4.69, 9.17) is 9.84 Å². The number of aliphatic carboxylic acids is 1. The molecule has 0 bridgehead atoms.